The Morgan fingerprint density at radius 2 is 1.85 bits per heavy atom. The predicted molar refractivity (Wildman–Crippen MR) is 79.7 cm³/mol. The molecule has 0 bridgehead atoms. The second kappa shape index (κ2) is 6.43. The Kier molecular flexibility index (Phi) is 5.07. The van der Waals surface area contributed by atoms with Gasteiger partial charge in [0.15, 0.2) is 0 Å². The number of halogens is 1. The van der Waals surface area contributed by atoms with E-state index in [9.17, 15) is 9.59 Å². The molecule has 6 heteroatoms. The Balaban J connectivity index is 2.03. The van der Waals surface area contributed by atoms with Crippen molar-refractivity contribution in [1.29, 1.82) is 0 Å². The first-order valence-electron chi connectivity index (χ1n) is 7.23. The molecule has 0 unspecified atom stereocenters. The van der Waals surface area contributed by atoms with Gasteiger partial charge in [-0.1, -0.05) is 15.9 Å². The van der Waals surface area contributed by atoms with Crippen molar-refractivity contribution in [2.75, 3.05) is 38.2 Å². The van der Waals surface area contributed by atoms with E-state index in [1.165, 1.54) is 0 Å². The molecule has 0 aromatic rings. The third-order valence-corrected chi connectivity index (χ3v) is 5.52. The van der Waals surface area contributed by atoms with Crippen molar-refractivity contribution in [3.05, 3.63) is 0 Å². The first kappa shape index (κ1) is 15.8. The summed E-state index contributed by atoms with van der Waals surface area (Å²) in [5, 5.41) is 0.842. The van der Waals surface area contributed by atoms with Gasteiger partial charge in [0.25, 0.3) is 0 Å². The lowest BCUT2D eigenvalue weighted by atomic mass is 9.81. The fourth-order valence-corrected chi connectivity index (χ4v) is 3.61. The lowest BCUT2D eigenvalue weighted by molar-refractivity contribution is -0.158. The fraction of sp³-hybridized carbons (Fsp3) is 0.857. The highest BCUT2D eigenvalue weighted by molar-refractivity contribution is 9.09. The quantitative estimate of drug-likeness (QED) is 0.568. The van der Waals surface area contributed by atoms with Crippen LogP contribution in [0.1, 0.15) is 26.7 Å². The van der Waals surface area contributed by atoms with Gasteiger partial charge >= 0.3 is 11.8 Å². The molecule has 2 aliphatic rings. The fourth-order valence-electron chi connectivity index (χ4n) is 2.88. The van der Waals surface area contributed by atoms with Gasteiger partial charge in [-0.15, -0.1) is 0 Å². The summed E-state index contributed by atoms with van der Waals surface area (Å²) in [6, 6.07) is 0.0850. The number of rotatable bonds is 4. The van der Waals surface area contributed by atoms with Crippen molar-refractivity contribution in [1.82, 2.24) is 9.80 Å². The Bertz CT molecular complexity index is 381. The first-order chi connectivity index (χ1) is 9.49. The van der Waals surface area contributed by atoms with Gasteiger partial charge in [0, 0.05) is 49.6 Å². The summed E-state index contributed by atoms with van der Waals surface area (Å²) in [7, 11) is 0. The van der Waals surface area contributed by atoms with Gasteiger partial charge in [0.1, 0.15) is 0 Å². The van der Waals surface area contributed by atoms with Crippen molar-refractivity contribution in [3.63, 3.8) is 0 Å². The molecular weight excluding hydrogens is 324 g/mol. The SMILES string of the molecule is CC(C)N1CCN(CC2(CBr)CCOCC2)C(=O)C1=O. The van der Waals surface area contributed by atoms with E-state index in [1.54, 1.807) is 9.80 Å². The second-order valence-electron chi connectivity index (χ2n) is 6.07. The van der Waals surface area contributed by atoms with Crippen LogP contribution in [0.3, 0.4) is 0 Å². The molecule has 0 aromatic carbocycles. The van der Waals surface area contributed by atoms with E-state index in [0.717, 1.165) is 31.4 Å². The maximum Gasteiger partial charge on any atom is 0.312 e. The number of piperazine rings is 1. The molecule has 0 saturated carbocycles. The second-order valence-corrected chi connectivity index (χ2v) is 6.63. The smallest absolute Gasteiger partial charge is 0.312 e. The van der Waals surface area contributed by atoms with Crippen LogP contribution in [0.5, 0.6) is 0 Å². The number of carbonyl (C=O) groups excluding carboxylic acids is 2. The number of hydrogen-bond donors (Lipinski definition) is 0. The van der Waals surface area contributed by atoms with Gasteiger partial charge in [-0.3, -0.25) is 9.59 Å². The first-order valence-corrected chi connectivity index (χ1v) is 8.35. The molecule has 0 radical (unpaired) electrons. The number of hydrogen-bond acceptors (Lipinski definition) is 3. The zero-order valence-corrected chi connectivity index (χ0v) is 13.8. The molecule has 0 spiro atoms. The van der Waals surface area contributed by atoms with Gasteiger partial charge in [-0.2, -0.15) is 0 Å². The maximum absolute atomic E-state index is 12.3. The Morgan fingerprint density at radius 3 is 2.40 bits per heavy atom. The van der Waals surface area contributed by atoms with Crippen LogP contribution in [0, 0.1) is 5.41 Å². The van der Waals surface area contributed by atoms with Crippen molar-refractivity contribution in [3.8, 4) is 0 Å². The average molecular weight is 347 g/mol. The molecule has 0 aromatic heterocycles. The molecule has 2 rings (SSSR count). The number of alkyl halides is 1. The topological polar surface area (TPSA) is 49.9 Å². The minimum atomic E-state index is -0.358. The highest BCUT2D eigenvalue weighted by Gasteiger charge is 2.40. The zero-order valence-electron chi connectivity index (χ0n) is 12.2. The van der Waals surface area contributed by atoms with Crippen LogP contribution < -0.4 is 0 Å². The van der Waals surface area contributed by atoms with Crippen molar-refractivity contribution >= 4 is 27.7 Å². The largest absolute Gasteiger partial charge is 0.381 e. The van der Waals surface area contributed by atoms with Crippen LogP contribution >= 0.6 is 15.9 Å². The van der Waals surface area contributed by atoms with E-state index in [1.807, 2.05) is 13.8 Å². The molecule has 20 heavy (non-hydrogen) atoms. The Labute approximate surface area is 128 Å². The lowest BCUT2D eigenvalue weighted by Gasteiger charge is -2.43. The van der Waals surface area contributed by atoms with E-state index < -0.39 is 0 Å². The summed E-state index contributed by atoms with van der Waals surface area (Å²) in [5.74, 6) is -0.709. The van der Waals surface area contributed by atoms with E-state index in [0.29, 0.717) is 19.6 Å². The van der Waals surface area contributed by atoms with Gasteiger partial charge in [-0.25, -0.2) is 0 Å². The van der Waals surface area contributed by atoms with Crippen LogP contribution in [-0.2, 0) is 14.3 Å². The Hall–Kier alpha value is -0.620. The van der Waals surface area contributed by atoms with E-state index in [-0.39, 0.29) is 23.3 Å². The predicted octanol–water partition coefficient (Wildman–Crippen LogP) is 1.26. The molecule has 0 aliphatic carbocycles. The highest BCUT2D eigenvalue weighted by Crippen LogP contribution is 2.34. The van der Waals surface area contributed by atoms with Crippen LogP contribution in [0.2, 0.25) is 0 Å². The van der Waals surface area contributed by atoms with Crippen molar-refractivity contribution in [2.45, 2.75) is 32.7 Å². The average Bonchev–Trinajstić information content (AvgIpc) is 2.45. The monoisotopic (exact) mass is 346 g/mol. The number of carbonyl (C=O) groups is 2. The van der Waals surface area contributed by atoms with Gasteiger partial charge in [-0.05, 0) is 26.7 Å². The molecular formula is C14H23BrN2O3. The Morgan fingerprint density at radius 1 is 1.20 bits per heavy atom. The van der Waals surface area contributed by atoms with Crippen molar-refractivity contribution < 1.29 is 14.3 Å². The molecule has 0 N–H and O–H groups in total. The summed E-state index contributed by atoms with van der Waals surface area (Å²) in [6.07, 6.45) is 1.87. The number of amides is 2. The molecule has 2 amide bonds. The summed E-state index contributed by atoms with van der Waals surface area (Å²) in [6.45, 7) is 7.28. The molecule has 0 atom stereocenters. The van der Waals surface area contributed by atoms with Gasteiger partial charge in [0.05, 0.1) is 0 Å². The standard InChI is InChI=1S/C14H23BrN2O3/c1-11(2)17-6-5-16(12(18)13(17)19)10-14(9-15)3-7-20-8-4-14/h11H,3-10H2,1-2H3. The molecule has 114 valence electrons. The molecule has 2 saturated heterocycles. The number of ether oxygens (including phenoxy) is 1. The third kappa shape index (κ3) is 3.17. The van der Waals surface area contributed by atoms with E-state index >= 15 is 0 Å². The van der Waals surface area contributed by atoms with Crippen LogP contribution in [0.25, 0.3) is 0 Å². The van der Waals surface area contributed by atoms with Gasteiger partial charge in [0.2, 0.25) is 0 Å². The summed E-state index contributed by atoms with van der Waals surface area (Å²) < 4.78 is 5.41. The molecule has 5 nitrogen and oxygen atoms in total. The van der Waals surface area contributed by atoms with Crippen LogP contribution in [0.4, 0.5) is 0 Å². The summed E-state index contributed by atoms with van der Waals surface area (Å²) >= 11 is 3.58. The molecule has 2 heterocycles. The minimum Gasteiger partial charge on any atom is -0.381 e. The normalized spacial score (nSPS) is 23.6. The van der Waals surface area contributed by atoms with E-state index in [4.69, 9.17) is 4.74 Å². The summed E-state index contributed by atoms with van der Waals surface area (Å²) in [4.78, 5) is 27.8. The lowest BCUT2D eigenvalue weighted by Crippen LogP contribution is -2.58. The molecule has 2 aliphatic heterocycles. The van der Waals surface area contributed by atoms with Crippen molar-refractivity contribution in [2.24, 2.45) is 5.41 Å². The van der Waals surface area contributed by atoms with E-state index in [2.05, 4.69) is 15.9 Å². The summed E-state index contributed by atoms with van der Waals surface area (Å²) in [5.41, 5.74) is 0.0498. The van der Waals surface area contributed by atoms with Crippen LogP contribution in [-0.4, -0.2) is 65.8 Å². The molecule has 2 fully saturated rings. The van der Waals surface area contributed by atoms with Gasteiger partial charge < -0.3 is 14.5 Å². The third-order valence-electron chi connectivity index (χ3n) is 4.33. The minimum absolute atomic E-state index is 0.0498. The highest BCUT2D eigenvalue weighted by atomic mass is 79.9. The number of nitrogens with zero attached hydrogens (tertiary/aromatic N) is 2. The zero-order chi connectivity index (χ0) is 14.8. The van der Waals surface area contributed by atoms with Crippen LogP contribution in [0.15, 0.2) is 0 Å². The maximum atomic E-state index is 12.3.